The molecule has 0 amide bonds. The van der Waals surface area contributed by atoms with Crippen molar-refractivity contribution in [1.82, 2.24) is 15.1 Å². The molecule has 1 aliphatic rings. The molecule has 3 nitrogen and oxygen atoms in total. The van der Waals surface area contributed by atoms with Gasteiger partial charge in [0, 0.05) is 24.8 Å². The number of rotatable bonds is 5. The molecule has 3 heteroatoms. The van der Waals surface area contributed by atoms with Gasteiger partial charge in [-0.15, -0.1) is 0 Å². The maximum atomic E-state index is 4.44. The van der Waals surface area contributed by atoms with Crippen molar-refractivity contribution < 1.29 is 0 Å². The third-order valence-electron chi connectivity index (χ3n) is 3.97. The molecule has 1 aliphatic carbocycles. The molecule has 2 rings (SSSR count). The monoisotopic (exact) mass is 247 g/mol. The molecule has 1 aromatic heterocycles. The first-order chi connectivity index (χ1) is 8.68. The van der Waals surface area contributed by atoms with Crippen LogP contribution in [0.25, 0.3) is 0 Å². The number of aromatic nitrogens is 2. The van der Waals surface area contributed by atoms with Crippen LogP contribution >= 0.6 is 0 Å². The van der Waals surface area contributed by atoms with Crippen molar-refractivity contribution in [3.63, 3.8) is 0 Å². The number of nitrogens with zero attached hydrogens (tertiary/aromatic N) is 2. The van der Waals surface area contributed by atoms with Crippen LogP contribution in [-0.2, 0) is 13.6 Å². The van der Waals surface area contributed by atoms with Gasteiger partial charge in [0.25, 0.3) is 0 Å². The minimum absolute atomic E-state index is 0.943. The van der Waals surface area contributed by atoms with E-state index in [9.17, 15) is 0 Å². The minimum atomic E-state index is 0.943. The largest absolute Gasteiger partial charge is 0.312 e. The Morgan fingerprint density at radius 2 is 2.17 bits per heavy atom. The Labute approximate surface area is 110 Å². The van der Waals surface area contributed by atoms with Gasteiger partial charge in [-0.05, 0) is 52.5 Å². The van der Waals surface area contributed by atoms with Crippen LogP contribution in [0.2, 0.25) is 0 Å². The Morgan fingerprint density at radius 3 is 2.78 bits per heavy atom. The van der Waals surface area contributed by atoms with Gasteiger partial charge < -0.3 is 5.32 Å². The fourth-order valence-electron chi connectivity index (χ4n) is 2.67. The third-order valence-corrected chi connectivity index (χ3v) is 3.97. The van der Waals surface area contributed by atoms with Crippen molar-refractivity contribution in [2.24, 2.45) is 7.05 Å². The lowest BCUT2D eigenvalue weighted by Gasteiger charge is -2.13. The molecule has 0 unspecified atom stereocenters. The summed E-state index contributed by atoms with van der Waals surface area (Å²) in [6.07, 6.45) is 9.00. The molecule has 0 aliphatic heterocycles. The van der Waals surface area contributed by atoms with E-state index in [1.165, 1.54) is 43.4 Å². The first kappa shape index (κ1) is 13.3. The molecule has 0 fully saturated rings. The second-order valence-corrected chi connectivity index (χ2v) is 5.31. The molecule has 100 valence electrons. The van der Waals surface area contributed by atoms with Gasteiger partial charge in [-0.1, -0.05) is 11.6 Å². The predicted molar refractivity (Wildman–Crippen MR) is 75.6 cm³/mol. The lowest BCUT2D eigenvalue weighted by Crippen LogP contribution is -2.16. The first-order valence-corrected chi connectivity index (χ1v) is 7.06. The zero-order valence-electron chi connectivity index (χ0n) is 11.9. The summed E-state index contributed by atoms with van der Waals surface area (Å²) in [5.74, 6) is 0. The number of hydrogen-bond donors (Lipinski definition) is 1. The minimum Gasteiger partial charge on any atom is -0.312 e. The van der Waals surface area contributed by atoms with E-state index in [1.807, 2.05) is 11.7 Å². The van der Waals surface area contributed by atoms with Gasteiger partial charge in [0.05, 0.1) is 5.69 Å². The highest BCUT2D eigenvalue weighted by atomic mass is 15.3. The topological polar surface area (TPSA) is 29.9 Å². The van der Waals surface area contributed by atoms with E-state index in [4.69, 9.17) is 0 Å². The van der Waals surface area contributed by atoms with Crippen molar-refractivity contribution in [3.8, 4) is 0 Å². The molecule has 0 radical (unpaired) electrons. The van der Waals surface area contributed by atoms with Crippen LogP contribution in [0.1, 0.15) is 49.1 Å². The van der Waals surface area contributed by atoms with Crippen LogP contribution in [0.15, 0.2) is 11.6 Å². The summed E-state index contributed by atoms with van der Waals surface area (Å²) in [4.78, 5) is 0. The Morgan fingerprint density at radius 1 is 1.33 bits per heavy atom. The standard InChI is InChI=1S/C15H25N3/c1-12-15(13(2)18(3)17-12)11-16-10-9-14-7-5-4-6-8-14/h7,16H,4-6,8-11H2,1-3H3. The van der Waals surface area contributed by atoms with Crippen LogP contribution in [-0.4, -0.2) is 16.3 Å². The van der Waals surface area contributed by atoms with Crippen molar-refractivity contribution in [3.05, 3.63) is 28.6 Å². The van der Waals surface area contributed by atoms with E-state index in [-0.39, 0.29) is 0 Å². The van der Waals surface area contributed by atoms with E-state index >= 15 is 0 Å². The zero-order valence-corrected chi connectivity index (χ0v) is 11.9. The molecule has 0 atom stereocenters. The van der Waals surface area contributed by atoms with Crippen LogP contribution in [0, 0.1) is 13.8 Å². The molecule has 0 aromatic carbocycles. The molecular formula is C15H25N3. The molecule has 0 saturated heterocycles. The lowest BCUT2D eigenvalue weighted by atomic mass is 9.97. The summed E-state index contributed by atoms with van der Waals surface area (Å²) >= 11 is 0. The van der Waals surface area contributed by atoms with Gasteiger partial charge in [-0.2, -0.15) is 5.10 Å². The molecule has 0 saturated carbocycles. The van der Waals surface area contributed by atoms with E-state index in [0.29, 0.717) is 0 Å². The first-order valence-electron chi connectivity index (χ1n) is 7.06. The van der Waals surface area contributed by atoms with Gasteiger partial charge in [-0.3, -0.25) is 4.68 Å². The SMILES string of the molecule is Cc1nn(C)c(C)c1CNCCC1=CCCCC1. The Balaban J connectivity index is 1.76. The predicted octanol–water partition coefficient (Wildman–Crippen LogP) is 3.02. The second kappa shape index (κ2) is 6.19. The summed E-state index contributed by atoms with van der Waals surface area (Å²) < 4.78 is 1.97. The summed E-state index contributed by atoms with van der Waals surface area (Å²) in [6.45, 7) is 6.26. The maximum absolute atomic E-state index is 4.44. The smallest absolute Gasteiger partial charge is 0.0641 e. The van der Waals surface area contributed by atoms with Gasteiger partial charge in [0.15, 0.2) is 0 Å². The average Bonchev–Trinajstić information content (AvgIpc) is 2.61. The van der Waals surface area contributed by atoms with E-state index in [1.54, 1.807) is 5.57 Å². The number of allylic oxidation sites excluding steroid dienone is 1. The van der Waals surface area contributed by atoms with Crippen molar-refractivity contribution in [2.75, 3.05) is 6.54 Å². The Kier molecular flexibility index (Phi) is 4.59. The molecule has 1 heterocycles. The third kappa shape index (κ3) is 3.22. The number of aryl methyl sites for hydroxylation is 2. The van der Waals surface area contributed by atoms with Crippen LogP contribution < -0.4 is 5.32 Å². The number of hydrogen-bond acceptors (Lipinski definition) is 2. The molecule has 0 spiro atoms. The van der Waals surface area contributed by atoms with Crippen molar-refractivity contribution >= 4 is 0 Å². The quantitative estimate of drug-likeness (QED) is 0.640. The second-order valence-electron chi connectivity index (χ2n) is 5.31. The summed E-state index contributed by atoms with van der Waals surface area (Å²) in [5.41, 5.74) is 5.43. The lowest BCUT2D eigenvalue weighted by molar-refractivity contribution is 0.630. The van der Waals surface area contributed by atoms with Gasteiger partial charge in [0.2, 0.25) is 0 Å². The summed E-state index contributed by atoms with van der Waals surface area (Å²) in [5, 5.41) is 7.99. The highest BCUT2D eigenvalue weighted by molar-refractivity contribution is 5.24. The van der Waals surface area contributed by atoms with E-state index < -0.39 is 0 Å². The van der Waals surface area contributed by atoms with Crippen molar-refractivity contribution in [1.29, 1.82) is 0 Å². The summed E-state index contributed by atoms with van der Waals surface area (Å²) in [7, 11) is 2.01. The molecule has 0 bridgehead atoms. The van der Waals surface area contributed by atoms with Gasteiger partial charge in [0.1, 0.15) is 0 Å². The Hall–Kier alpha value is -1.09. The average molecular weight is 247 g/mol. The fourth-order valence-corrected chi connectivity index (χ4v) is 2.67. The van der Waals surface area contributed by atoms with Gasteiger partial charge in [-0.25, -0.2) is 0 Å². The van der Waals surface area contributed by atoms with Crippen LogP contribution in [0.5, 0.6) is 0 Å². The van der Waals surface area contributed by atoms with Crippen molar-refractivity contribution in [2.45, 2.75) is 52.5 Å². The summed E-state index contributed by atoms with van der Waals surface area (Å²) in [6, 6.07) is 0. The molecule has 18 heavy (non-hydrogen) atoms. The normalized spacial score (nSPS) is 15.8. The molecular weight excluding hydrogens is 222 g/mol. The number of nitrogens with one attached hydrogen (secondary N) is 1. The zero-order chi connectivity index (χ0) is 13.0. The maximum Gasteiger partial charge on any atom is 0.0641 e. The van der Waals surface area contributed by atoms with Gasteiger partial charge >= 0.3 is 0 Å². The highest BCUT2D eigenvalue weighted by Crippen LogP contribution is 2.19. The van der Waals surface area contributed by atoms with Crippen LogP contribution in [0.4, 0.5) is 0 Å². The Bertz CT molecular complexity index is 429. The van der Waals surface area contributed by atoms with E-state index in [2.05, 4.69) is 30.3 Å². The fraction of sp³-hybridized carbons (Fsp3) is 0.667. The molecule has 1 aromatic rings. The van der Waals surface area contributed by atoms with Crippen LogP contribution in [0.3, 0.4) is 0 Å². The highest BCUT2D eigenvalue weighted by Gasteiger charge is 2.08. The molecule has 1 N–H and O–H groups in total. The van der Waals surface area contributed by atoms with E-state index in [0.717, 1.165) is 18.8 Å².